The normalized spacial score (nSPS) is 19.3. The Morgan fingerprint density at radius 1 is 1.67 bits per heavy atom. The van der Waals surface area contributed by atoms with Crippen molar-refractivity contribution in [2.45, 2.75) is 19.8 Å². The van der Waals surface area contributed by atoms with E-state index in [4.69, 9.17) is 0 Å². The Morgan fingerprint density at radius 3 is 3.11 bits per heavy atom. The zero-order valence-electron chi connectivity index (χ0n) is 10.4. The number of carbonyl (C=O) groups excluding carboxylic acids is 2. The first-order valence-corrected chi connectivity index (χ1v) is 7.07. The molecule has 5 nitrogen and oxygen atoms in total. The fourth-order valence-electron chi connectivity index (χ4n) is 2.07. The number of likely N-dealkylation sites (tertiary alicyclic amines) is 1. The lowest BCUT2D eigenvalue weighted by molar-refractivity contribution is -0.128. The van der Waals surface area contributed by atoms with Gasteiger partial charge in [0.2, 0.25) is 11.8 Å². The minimum Gasteiger partial charge on any atom is -0.355 e. The molecule has 2 amide bonds. The second-order valence-corrected chi connectivity index (χ2v) is 5.07. The molecule has 1 aromatic rings. The van der Waals surface area contributed by atoms with Crippen LogP contribution in [0.1, 0.15) is 19.0 Å². The van der Waals surface area contributed by atoms with E-state index in [0.29, 0.717) is 26.1 Å². The molecule has 1 fully saturated rings. The number of aromatic nitrogens is 1. The fourth-order valence-corrected chi connectivity index (χ4v) is 2.67. The number of amides is 2. The van der Waals surface area contributed by atoms with Crippen LogP contribution >= 0.6 is 11.3 Å². The number of thiazole rings is 1. The predicted octanol–water partition coefficient (Wildman–Crippen LogP) is 0.670. The van der Waals surface area contributed by atoms with E-state index in [1.807, 2.05) is 12.3 Å². The summed E-state index contributed by atoms with van der Waals surface area (Å²) in [7, 11) is 0. The van der Waals surface area contributed by atoms with Crippen LogP contribution in [0.25, 0.3) is 0 Å². The predicted molar refractivity (Wildman–Crippen MR) is 69.2 cm³/mol. The molecule has 0 radical (unpaired) electrons. The van der Waals surface area contributed by atoms with Crippen LogP contribution in [0.15, 0.2) is 10.9 Å². The average Bonchev–Trinajstić information content (AvgIpc) is 2.98. The maximum Gasteiger partial charge on any atom is 0.225 e. The lowest BCUT2D eigenvalue weighted by atomic mass is 10.1. The van der Waals surface area contributed by atoms with Crippen LogP contribution in [-0.4, -0.2) is 41.3 Å². The topological polar surface area (TPSA) is 62.3 Å². The maximum absolute atomic E-state index is 11.9. The van der Waals surface area contributed by atoms with Gasteiger partial charge in [-0.2, -0.15) is 0 Å². The number of nitrogens with one attached hydrogen (secondary N) is 1. The van der Waals surface area contributed by atoms with Crippen molar-refractivity contribution in [1.82, 2.24) is 15.2 Å². The molecule has 0 spiro atoms. The van der Waals surface area contributed by atoms with Gasteiger partial charge in [-0.25, -0.2) is 4.98 Å². The van der Waals surface area contributed by atoms with E-state index in [2.05, 4.69) is 10.3 Å². The average molecular weight is 267 g/mol. The lowest BCUT2D eigenvalue weighted by Gasteiger charge is -2.13. The molecular weight excluding hydrogens is 250 g/mol. The van der Waals surface area contributed by atoms with Gasteiger partial charge in [-0.1, -0.05) is 0 Å². The molecule has 98 valence electrons. The molecule has 1 atom stereocenters. The standard InChI is InChI=1S/C12H17N3O2S/c1-2-15-6-9(5-11(15)16)12(17)13-4-3-10-7-18-8-14-10/h7-9H,2-6H2,1H3,(H,13,17). The third-order valence-electron chi connectivity index (χ3n) is 3.13. The number of hydrogen-bond donors (Lipinski definition) is 1. The molecule has 1 aliphatic rings. The summed E-state index contributed by atoms with van der Waals surface area (Å²) in [6.45, 7) is 3.75. The third-order valence-corrected chi connectivity index (χ3v) is 3.77. The number of rotatable bonds is 5. The largest absolute Gasteiger partial charge is 0.355 e. The Balaban J connectivity index is 1.74. The Morgan fingerprint density at radius 2 is 2.50 bits per heavy atom. The second kappa shape index (κ2) is 5.95. The summed E-state index contributed by atoms with van der Waals surface area (Å²) >= 11 is 1.55. The van der Waals surface area contributed by atoms with E-state index in [-0.39, 0.29) is 17.7 Å². The molecule has 0 aliphatic carbocycles. The molecule has 1 aromatic heterocycles. The highest BCUT2D eigenvalue weighted by molar-refractivity contribution is 7.07. The van der Waals surface area contributed by atoms with Crippen molar-refractivity contribution in [3.63, 3.8) is 0 Å². The summed E-state index contributed by atoms with van der Waals surface area (Å²) in [6.07, 6.45) is 1.09. The molecule has 1 saturated heterocycles. The van der Waals surface area contributed by atoms with Gasteiger partial charge >= 0.3 is 0 Å². The van der Waals surface area contributed by atoms with Gasteiger partial charge in [0.25, 0.3) is 0 Å². The zero-order chi connectivity index (χ0) is 13.0. The van der Waals surface area contributed by atoms with E-state index < -0.39 is 0 Å². The van der Waals surface area contributed by atoms with Gasteiger partial charge in [0, 0.05) is 37.9 Å². The van der Waals surface area contributed by atoms with Gasteiger partial charge in [-0.3, -0.25) is 9.59 Å². The van der Waals surface area contributed by atoms with E-state index in [0.717, 1.165) is 12.1 Å². The Kier molecular flexibility index (Phi) is 4.30. The smallest absolute Gasteiger partial charge is 0.225 e. The van der Waals surface area contributed by atoms with E-state index in [9.17, 15) is 9.59 Å². The van der Waals surface area contributed by atoms with Gasteiger partial charge in [-0.05, 0) is 6.92 Å². The van der Waals surface area contributed by atoms with Crippen molar-refractivity contribution in [1.29, 1.82) is 0 Å². The van der Waals surface area contributed by atoms with Gasteiger partial charge < -0.3 is 10.2 Å². The molecule has 0 aromatic carbocycles. The molecule has 1 N–H and O–H groups in total. The number of carbonyl (C=O) groups is 2. The van der Waals surface area contributed by atoms with Crippen LogP contribution in [0, 0.1) is 5.92 Å². The highest BCUT2D eigenvalue weighted by atomic mass is 32.1. The maximum atomic E-state index is 11.9. The number of nitrogens with zero attached hydrogens (tertiary/aromatic N) is 2. The van der Waals surface area contributed by atoms with E-state index in [1.54, 1.807) is 21.7 Å². The summed E-state index contributed by atoms with van der Waals surface area (Å²) in [5.74, 6) is -0.125. The van der Waals surface area contributed by atoms with E-state index in [1.165, 1.54) is 0 Å². The minimum absolute atomic E-state index is 0.0190. The first kappa shape index (κ1) is 13.0. The lowest BCUT2D eigenvalue weighted by Crippen LogP contribution is -2.34. The molecule has 1 unspecified atom stereocenters. The molecular formula is C12H17N3O2S. The van der Waals surface area contributed by atoms with E-state index >= 15 is 0 Å². The van der Waals surface area contributed by atoms with Gasteiger partial charge in [-0.15, -0.1) is 11.3 Å². The highest BCUT2D eigenvalue weighted by Gasteiger charge is 2.32. The third kappa shape index (κ3) is 3.07. The quantitative estimate of drug-likeness (QED) is 0.853. The van der Waals surface area contributed by atoms with Crippen LogP contribution in [0.5, 0.6) is 0 Å². The Hall–Kier alpha value is -1.43. The van der Waals surface area contributed by atoms with Gasteiger partial charge in [0.05, 0.1) is 17.1 Å². The zero-order valence-corrected chi connectivity index (χ0v) is 11.2. The van der Waals surface area contributed by atoms with Crippen molar-refractivity contribution in [3.05, 3.63) is 16.6 Å². The van der Waals surface area contributed by atoms with Gasteiger partial charge in [0.15, 0.2) is 0 Å². The summed E-state index contributed by atoms with van der Waals surface area (Å²) in [4.78, 5) is 29.3. The molecule has 18 heavy (non-hydrogen) atoms. The summed E-state index contributed by atoms with van der Waals surface area (Å²) in [5.41, 5.74) is 2.78. The molecule has 0 saturated carbocycles. The van der Waals surface area contributed by atoms with Gasteiger partial charge in [0.1, 0.15) is 0 Å². The van der Waals surface area contributed by atoms with Crippen LogP contribution in [0.2, 0.25) is 0 Å². The molecule has 6 heteroatoms. The minimum atomic E-state index is -0.187. The SMILES string of the molecule is CCN1CC(C(=O)NCCc2cscn2)CC1=O. The molecule has 2 heterocycles. The van der Waals surface area contributed by atoms with Crippen molar-refractivity contribution >= 4 is 23.2 Å². The van der Waals surface area contributed by atoms with Crippen LogP contribution in [0.4, 0.5) is 0 Å². The molecule has 0 bridgehead atoms. The van der Waals surface area contributed by atoms with Crippen LogP contribution < -0.4 is 5.32 Å². The first-order valence-electron chi connectivity index (χ1n) is 6.13. The second-order valence-electron chi connectivity index (χ2n) is 4.35. The first-order chi connectivity index (χ1) is 8.70. The molecule has 2 rings (SSSR count). The Bertz CT molecular complexity index is 419. The molecule has 1 aliphatic heterocycles. The monoisotopic (exact) mass is 267 g/mol. The van der Waals surface area contributed by atoms with Crippen molar-refractivity contribution in [3.8, 4) is 0 Å². The fraction of sp³-hybridized carbons (Fsp3) is 0.583. The Labute approximate surface area is 110 Å². The number of hydrogen-bond acceptors (Lipinski definition) is 4. The highest BCUT2D eigenvalue weighted by Crippen LogP contribution is 2.17. The van der Waals surface area contributed by atoms with Crippen LogP contribution in [-0.2, 0) is 16.0 Å². The van der Waals surface area contributed by atoms with Crippen LogP contribution in [0.3, 0.4) is 0 Å². The summed E-state index contributed by atoms with van der Waals surface area (Å²) in [5, 5.41) is 4.85. The van der Waals surface area contributed by atoms with Crippen molar-refractivity contribution in [2.75, 3.05) is 19.6 Å². The van der Waals surface area contributed by atoms with Crippen molar-refractivity contribution in [2.24, 2.45) is 5.92 Å². The van der Waals surface area contributed by atoms with Crippen molar-refractivity contribution < 1.29 is 9.59 Å². The summed E-state index contributed by atoms with van der Waals surface area (Å²) in [6, 6.07) is 0. The summed E-state index contributed by atoms with van der Waals surface area (Å²) < 4.78 is 0.